The average molecular weight is 355 g/mol. The Balaban J connectivity index is 1.59. The lowest BCUT2D eigenvalue weighted by molar-refractivity contribution is -0.117. The zero-order valence-electron chi connectivity index (χ0n) is 13.9. The van der Waals surface area contributed by atoms with Crippen molar-refractivity contribution >= 4 is 11.6 Å². The van der Waals surface area contributed by atoms with E-state index in [1.54, 1.807) is 18.2 Å². The van der Waals surface area contributed by atoms with E-state index in [0.29, 0.717) is 23.7 Å². The highest BCUT2D eigenvalue weighted by atomic mass is 19.1. The Morgan fingerprint density at radius 2 is 1.96 bits per heavy atom. The summed E-state index contributed by atoms with van der Waals surface area (Å²) >= 11 is 0. The van der Waals surface area contributed by atoms with Crippen LogP contribution in [0.3, 0.4) is 0 Å². The summed E-state index contributed by atoms with van der Waals surface area (Å²) in [5.41, 5.74) is 1.86. The van der Waals surface area contributed by atoms with Gasteiger partial charge in [-0.2, -0.15) is 4.98 Å². The van der Waals surface area contributed by atoms with Gasteiger partial charge in [0.25, 0.3) is 0 Å². The summed E-state index contributed by atoms with van der Waals surface area (Å²) in [6.07, 6.45) is 0.195. The summed E-state index contributed by atoms with van der Waals surface area (Å²) < 4.78 is 32.2. The van der Waals surface area contributed by atoms with Crippen molar-refractivity contribution in [1.82, 2.24) is 10.1 Å². The molecule has 2 heterocycles. The summed E-state index contributed by atoms with van der Waals surface area (Å²) in [5.74, 6) is -0.624. The first-order valence-electron chi connectivity index (χ1n) is 8.17. The van der Waals surface area contributed by atoms with Crippen LogP contribution in [-0.4, -0.2) is 22.6 Å². The number of aromatic nitrogens is 2. The van der Waals surface area contributed by atoms with Crippen molar-refractivity contribution in [2.24, 2.45) is 0 Å². The van der Waals surface area contributed by atoms with Crippen LogP contribution in [0.15, 0.2) is 47.0 Å². The molecule has 0 saturated carbocycles. The number of rotatable bonds is 3. The van der Waals surface area contributed by atoms with Gasteiger partial charge in [-0.15, -0.1) is 0 Å². The molecule has 1 atom stereocenters. The third-order valence-corrected chi connectivity index (χ3v) is 4.46. The topological polar surface area (TPSA) is 59.2 Å². The summed E-state index contributed by atoms with van der Waals surface area (Å²) in [6, 6.07) is 10.2. The van der Waals surface area contributed by atoms with Crippen LogP contribution < -0.4 is 4.90 Å². The minimum absolute atomic E-state index is 0.130. The van der Waals surface area contributed by atoms with Gasteiger partial charge >= 0.3 is 0 Å². The molecule has 3 aromatic rings. The van der Waals surface area contributed by atoms with Crippen LogP contribution in [0.4, 0.5) is 14.5 Å². The normalized spacial score (nSPS) is 17.1. The van der Waals surface area contributed by atoms with Gasteiger partial charge in [-0.25, -0.2) is 8.78 Å². The Kier molecular flexibility index (Phi) is 3.99. The van der Waals surface area contributed by atoms with Gasteiger partial charge in [0.15, 0.2) is 0 Å². The van der Waals surface area contributed by atoms with Crippen molar-refractivity contribution in [3.63, 3.8) is 0 Å². The van der Waals surface area contributed by atoms with Crippen LogP contribution in [0.5, 0.6) is 0 Å². The minimum atomic E-state index is -0.395. The Hall–Kier alpha value is -3.09. The van der Waals surface area contributed by atoms with Crippen molar-refractivity contribution in [3.8, 4) is 11.4 Å². The molecule has 1 aliphatic rings. The summed E-state index contributed by atoms with van der Waals surface area (Å²) in [6.45, 7) is 2.15. The van der Waals surface area contributed by atoms with Crippen molar-refractivity contribution in [2.45, 2.75) is 19.3 Å². The molecule has 5 nitrogen and oxygen atoms in total. The molecule has 4 rings (SSSR count). The maximum atomic E-state index is 13.6. The number of anilines is 1. The number of hydrogen-bond acceptors (Lipinski definition) is 4. The first kappa shape index (κ1) is 16.4. The largest absolute Gasteiger partial charge is 0.339 e. The second kappa shape index (κ2) is 6.33. The predicted octanol–water partition coefficient (Wildman–Crippen LogP) is 3.84. The first-order valence-corrected chi connectivity index (χ1v) is 8.17. The fourth-order valence-electron chi connectivity index (χ4n) is 3.13. The second-order valence-corrected chi connectivity index (χ2v) is 6.30. The monoisotopic (exact) mass is 355 g/mol. The number of amides is 1. The molecular weight excluding hydrogens is 340 g/mol. The molecule has 0 bridgehead atoms. The lowest BCUT2D eigenvalue weighted by Crippen LogP contribution is -2.25. The molecule has 1 saturated heterocycles. The Morgan fingerprint density at radius 3 is 2.77 bits per heavy atom. The Bertz CT molecular complexity index is 986. The van der Waals surface area contributed by atoms with Gasteiger partial charge in [-0.3, -0.25) is 4.79 Å². The van der Waals surface area contributed by atoms with Crippen LogP contribution >= 0.6 is 0 Å². The summed E-state index contributed by atoms with van der Waals surface area (Å²) in [5, 5.41) is 3.88. The van der Waals surface area contributed by atoms with Gasteiger partial charge in [0, 0.05) is 24.2 Å². The average Bonchev–Trinajstić information content (AvgIpc) is 3.24. The highest BCUT2D eigenvalue weighted by Gasteiger charge is 2.35. The smallest absolute Gasteiger partial charge is 0.232 e. The van der Waals surface area contributed by atoms with Gasteiger partial charge in [-0.05, 0) is 36.8 Å². The van der Waals surface area contributed by atoms with Gasteiger partial charge in [0.2, 0.25) is 17.6 Å². The van der Waals surface area contributed by atoms with E-state index in [9.17, 15) is 13.6 Å². The van der Waals surface area contributed by atoms with E-state index < -0.39 is 11.6 Å². The fourth-order valence-corrected chi connectivity index (χ4v) is 3.13. The molecule has 0 radical (unpaired) electrons. The zero-order valence-corrected chi connectivity index (χ0v) is 13.9. The van der Waals surface area contributed by atoms with E-state index in [4.69, 9.17) is 4.52 Å². The van der Waals surface area contributed by atoms with Crippen molar-refractivity contribution in [3.05, 3.63) is 65.6 Å². The van der Waals surface area contributed by atoms with Crippen LogP contribution in [0.2, 0.25) is 0 Å². The third-order valence-electron chi connectivity index (χ3n) is 4.46. The lowest BCUT2D eigenvalue weighted by atomic mass is 10.1. The van der Waals surface area contributed by atoms with Crippen LogP contribution in [0.1, 0.15) is 23.8 Å². The lowest BCUT2D eigenvalue weighted by Gasteiger charge is -2.18. The first-order chi connectivity index (χ1) is 12.5. The summed E-state index contributed by atoms with van der Waals surface area (Å²) in [4.78, 5) is 18.3. The summed E-state index contributed by atoms with van der Waals surface area (Å²) in [7, 11) is 0. The number of hydrogen-bond donors (Lipinski definition) is 0. The molecule has 0 N–H and O–H groups in total. The molecule has 0 spiro atoms. The molecule has 1 aromatic heterocycles. The quantitative estimate of drug-likeness (QED) is 0.716. The van der Waals surface area contributed by atoms with Gasteiger partial charge in [-0.1, -0.05) is 23.4 Å². The molecule has 2 aromatic carbocycles. The number of benzene rings is 2. The molecule has 26 heavy (non-hydrogen) atoms. The number of carbonyl (C=O) groups excluding carboxylic acids is 1. The van der Waals surface area contributed by atoms with Gasteiger partial charge < -0.3 is 9.42 Å². The van der Waals surface area contributed by atoms with E-state index in [1.165, 1.54) is 29.2 Å². The Labute approximate surface area is 148 Å². The second-order valence-electron chi connectivity index (χ2n) is 6.30. The Morgan fingerprint density at radius 1 is 1.15 bits per heavy atom. The predicted molar refractivity (Wildman–Crippen MR) is 90.5 cm³/mol. The number of halogens is 2. The van der Waals surface area contributed by atoms with Crippen molar-refractivity contribution in [2.75, 3.05) is 11.4 Å². The molecular formula is C19H15F2N3O2. The van der Waals surface area contributed by atoms with E-state index in [-0.39, 0.29) is 24.1 Å². The number of carbonyl (C=O) groups is 1. The van der Waals surface area contributed by atoms with Crippen molar-refractivity contribution < 1.29 is 18.1 Å². The van der Waals surface area contributed by atoms with Gasteiger partial charge in [0.1, 0.15) is 11.6 Å². The molecule has 1 fully saturated rings. The SMILES string of the molecule is Cc1ccc(F)cc1N1CC(c2nc(-c3cccc(F)c3)no2)CC1=O. The molecule has 1 amide bonds. The van der Waals surface area contributed by atoms with E-state index in [1.807, 2.05) is 6.92 Å². The maximum Gasteiger partial charge on any atom is 0.232 e. The highest BCUT2D eigenvalue weighted by molar-refractivity contribution is 5.97. The van der Waals surface area contributed by atoms with Gasteiger partial charge in [0.05, 0.1) is 5.92 Å². The minimum Gasteiger partial charge on any atom is -0.339 e. The maximum absolute atomic E-state index is 13.6. The molecule has 0 aliphatic carbocycles. The van der Waals surface area contributed by atoms with Crippen LogP contribution in [-0.2, 0) is 4.79 Å². The standard InChI is InChI=1S/C19H15F2N3O2/c1-11-5-6-15(21)9-16(11)24-10-13(8-17(24)25)19-22-18(23-26-19)12-3-2-4-14(20)7-12/h2-7,9,13H,8,10H2,1H3. The van der Waals surface area contributed by atoms with E-state index in [2.05, 4.69) is 10.1 Å². The van der Waals surface area contributed by atoms with Crippen molar-refractivity contribution in [1.29, 1.82) is 0 Å². The molecule has 1 unspecified atom stereocenters. The molecule has 7 heteroatoms. The number of aryl methyl sites for hydroxylation is 1. The van der Waals surface area contributed by atoms with E-state index >= 15 is 0 Å². The van der Waals surface area contributed by atoms with Crippen LogP contribution in [0, 0.1) is 18.6 Å². The highest BCUT2D eigenvalue weighted by Crippen LogP contribution is 2.33. The third kappa shape index (κ3) is 2.96. The number of nitrogens with zero attached hydrogens (tertiary/aromatic N) is 3. The zero-order chi connectivity index (χ0) is 18.3. The molecule has 1 aliphatic heterocycles. The fraction of sp³-hybridized carbons (Fsp3) is 0.211. The molecule has 132 valence electrons. The van der Waals surface area contributed by atoms with E-state index in [0.717, 1.165) is 5.56 Å². The van der Waals surface area contributed by atoms with Crippen LogP contribution in [0.25, 0.3) is 11.4 Å².